The van der Waals surface area contributed by atoms with E-state index < -0.39 is 0 Å². The lowest BCUT2D eigenvalue weighted by Gasteiger charge is -2.48. The van der Waals surface area contributed by atoms with E-state index in [0.717, 1.165) is 53.2 Å². The monoisotopic (exact) mass is 592 g/mol. The number of allylic oxidation sites excluding steroid dienone is 2. The summed E-state index contributed by atoms with van der Waals surface area (Å²) in [5.41, 5.74) is 11.5. The first kappa shape index (κ1) is 27.9. The number of imidazole rings is 1. The molecule has 3 heterocycles. The van der Waals surface area contributed by atoms with Crippen LogP contribution in [0.4, 0.5) is 11.6 Å². The summed E-state index contributed by atoms with van der Waals surface area (Å²) in [6, 6.07) is 34.3. The van der Waals surface area contributed by atoms with Crippen LogP contribution in [-0.4, -0.2) is 20.9 Å². The maximum atomic E-state index is 14.3. The summed E-state index contributed by atoms with van der Waals surface area (Å²) < 4.78 is 2.26. The Labute approximate surface area is 265 Å². The van der Waals surface area contributed by atoms with Crippen LogP contribution < -0.4 is 10.2 Å². The van der Waals surface area contributed by atoms with Crippen molar-refractivity contribution in [1.82, 2.24) is 9.55 Å². The van der Waals surface area contributed by atoms with Gasteiger partial charge in [-0.2, -0.15) is 0 Å². The van der Waals surface area contributed by atoms with Gasteiger partial charge in [-0.3, -0.25) is 9.36 Å². The molecular formula is C40H40N4O. The standard InChI is InChI=1S/C40H40N4O/c1-25-12-8-9-15-30(25)29-21-33-37(36(45)22-29)38(44-35-17-11-10-16-32(35)41-39(44)42-33)28-18-19-34-31(20-28)26(2)23-40(3,4)43(34)24-27-13-6-5-7-14-27/h5-20,26,29,38H,21-24H2,1-4H3,(H,41,42)/t26-,29+,38+/m1/s1. The number of hydrogen-bond donors (Lipinski definition) is 1. The summed E-state index contributed by atoms with van der Waals surface area (Å²) in [4.78, 5) is 21.9. The van der Waals surface area contributed by atoms with Gasteiger partial charge in [-0.1, -0.05) is 85.8 Å². The fourth-order valence-electron chi connectivity index (χ4n) is 8.35. The van der Waals surface area contributed by atoms with Crippen molar-refractivity contribution in [1.29, 1.82) is 0 Å². The number of para-hydroxylation sites is 2. The van der Waals surface area contributed by atoms with E-state index in [-0.39, 0.29) is 23.3 Å². The molecule has 1 aromatic heterocycles. The minimum absolute atomic E-state index is 0.0197. The van der Waals surface area contributed by atoms with E-state index in [1.165, 1.54) is 27.9 Å². The molecule has 5 heteroatoms. The van der Waals surface area contributed by atoms with Crippen molar-refractivity contribution in [2.45, 2.75) is 76.9 Å². The molecule has 226 valence electrons. The molecular weight excluding hydrogens is 552 g/mol. The number of aromatic nitrogens is 2. The molecule has 0 radical (unpaired) electrons. The average molecular weight is 593 g/mol. The molecule has 0 bridgehead atoms. The second-order valence-corrected chi connectivity index (χ2v) is 13.9. The van der Waals surface area contributed by atoms with Gasteiger partial charge in [0.25, 0.3) is 0 Å². The third-order valence-corrected chi connectivity index (χ3v) is 10.4. The molecule has 0 spiro atoms. The quantitative estimate of drug-likeness (QED) is 0.226. The first-order valence-electron chi connectivity index (χ1n) is 16.3. The third-order valence-electron chi connectivity index (χ3n) is 10.4. The van der Waals surface area contributed by atoms with Gasteiger partial charge >= 0.3 is 0 Å². The second kappa shape index (κ2) is 10.5. The molecule has 0 fully saturated rings. The molecule has 45 heavy (non-hydrogen) atoms. The van der Waals surface area contributed by atoms with Crippen molar-refractivity contribution < 1.29 is 4.79 Å². The Morgan fingerprint density at radius 3 is 2.47 bits per heavy atom. The molecule has 4 aromatic carbocycles. The van der Waals surface area contributed by atoms with E-state index in [1.54, 1.807) is 0 Å². The predicted octanol–water partition coefficient (Wildman–Crippen LogP) is 9.05. The summed E-state index contributed by atoms with van der Waals surface area (Å²) >= 11 is 0. The highest BCUT2D eigenvalue weighted by atomic mass is 16.1. The van der Waals surface area contributed by atoms with Crippen LogP contribution >= 0.6 is 0 Å². The Hall–Kier alpha value is -4.64. The summed E-state index contributed by atoms with van der Waals surface area (Å²) in [5, 5.41) is 3.66. The van der Waals surface area contributed by atoms with Gasteiger partial charge in [0.2, 0.25) is 5.95 Å². The Morgan fingerprint density at radius 2 is 1.64 bits per heavy atom. The lowest BCUT2D eigenvalue weighted by atomic mass is 9.75. The van der Waals surface area contributed by atoms with Crippen molar-refractivity contribution in [2.24, 2.45) is 0 Å². The average Bonchev–Trinajstić information content (AvgIpc) is 3.40. The maximum absolute atomic E-state index is 14.3. The highest BCUT2D eigenvalue weighted by Crippen LogP contribution is 2.49. The fraction of sp³-hybridized carbons (Fsp3) is 0.300. The van der Waals surface area contributed by atoms with Crippen molar-refractivity contribution in [2.75, 3.05) is 10.2 Å². The zero-order chi connectivity index (χ0) is 30.9. The number of benzene rings is 4. The fourth-order valence-corrected chi connectivity index (χ4v) is 8.35. The van der Waals surface area contributed by atoms with Gasteiger partial charge in [0.05, 0.1) is 17.1 Å². The number of nitrogens with one attached hydrogen (secondary N) is 1. The summed E-state index contributed by atoms with van der Waals surface area (Å²) in [6.45, 7) is 10.1. The van der Waals surface area contributed by atoms with Gasteiger partial charge in [0, 0.05) is 35.5 Å². The van der Waals surface area contributed by atoms with Crippen LogP contribution in [0.3, 0.4) is 0 Å². The summed E-state index contributed by atoms with van der Waals surface area (Å²) in [6.07, 6.45) is 2.38. The van der Waals surface area contributed by atoms with Gasteiger partial charge < -0.3 is 10.2 Å². The molecule has 3 atom stereocenters. The zero-order valence-corrected chi connectivity index (χ0v) is 26.5. The van der Waals surface area contributed by atoms with E-state index in [4.69, 9.17) is 4.98 Å². The minimum atomic E-state index is -0.232. The lowest BCUT2D eigenvalue weighted by Crippen LogP contribution is -2.47. The number of ketones is 1. The molecule has 5 nitrogen and oxygen atoms in total. The molecule has 3 aliphatic rings. The van der Waals surface area contributed by atoms with E-state index in [9.17, 15) is 4.79 Å². The Bertz CT molecular complexity index is 1980. The zero-order valence-electron chi connectivity index (χ0n) is 26.5. The van der Waals surface area contributed by atoms with E-state index >= 15 is 0 Å². The number of nitrogens with zero attached hydrogens (tertiary/aromatic N) is 3. The Balaban J connectivity index is 1.27. The van der Waals surface area contributed by atoms with Gasteiger partial charge in [-0.15, -0.1) is 0 Å². The van der Waals surface area contributed by atoms with Gasteiger partial charge in [0.15, 0.2) is 5.78 Å². The van der Waals surface area contributed by atoms with Crippen LogP contribution in [0.5, 0.6) is 0 Å². The first-order valence-corrected chi connectivity index (χ1v) is 16.3. The number of hydrogen-bond acceptors (Lipinski definition) is 4. The molecule has 0 saturated carbocycles. The highest BCUT2D eigenvalue weighted by molar-refractivity contribution is 6.01. The van der Waals surface area contributed by atoms with Crippen LogP contribution in [-0.2, 0) is 11.3 Å². The van der Waals surface area contributed by atoms with Crippen molar-refractivity contribution in [3.63, 3.8) is 0 Å². The first-order chi connectivity index (χ1) is 21.8. The number of anilines is 2. The van der Waals surface area contributed by atoms with E-state index in [0.29, 0.717) is 12.3 Å². The normalized spacial score (nSPS) is 22.1. The molecule has 1 N–H and O–H groups in total. The van der Waals surface area contributed by atoms with E-state index in [1.807, 2.05) is 6.07 Å². The van der Waals surface area contributed by atoms with Crippen LogP contribution in [0.2, 0.25) is 0 Å². The van der Waals surface area contributed by atoms with Gasteiger partial charge in [-0.05, 0) is 91.5 Å². The number of aryl methyl sites for hydroxylation is 1. The topological polar surface area (TPSA) is 50.2 Å². The Kier molecular flexibility index (Phi) is 6.49. The van der Waals surface area contributed by atoms with Crippen LogP contribution in [0, 0.1) is 6.92 Å². The number of carbonyl (C=O) groups is 1. The van der Waals surface area contributed by atoms with Crippen molar-refractivity contribution in [3.05, 3.63) is 136 Å². The van der Waals surface area contributed by atoms with Gasteiger partial charge in [0.1, 0.15) is 0 Å². The van der Waals surface area contributed by atoms with Crippen LogP contribution in [0.15, 0.2) is 108 Å². The molecule has 5 aromatic rings. The molecule has 2 aliphatic heterocycles. The minimum Gasteiger partial charge on any atom is -0.362 e. The van der Waals surface area contributed by atoms with Crippen LogP contribution in [0.25, 0.3) is 11.0 Å². The van der Waals surface area contributed by atoms with E-state index in [2.05, 4.69) is 133 Å². The molecule has 0 amide bonds. The maximum Gasteiger partial charge on any atom is 0.209 e. The highest BCUT2D eigenvalue weighted by Gasteiger charge is 2.41. The predicted molar refractivity (Wildman–Crippen MR) is 183 cm³/mol. The summed E-state index contributed by atoms with van der Waals surface area (Å²) in [7, 11) is 0. The molecule has 1 aliphatic carbocycles. The number of carbonyl (C=O) groups excluding carboxylic acids is 1. The Morgan fingerprint density at radius 1 is 0.889 bits per heavy atom. The summed E-state index contributed by atoms with van der Waals surface area (Å²) in [5.74, 6) is 1.58. The number of fused-ring (bicyclic) bond motifs is 4. The number of Topliss-reactive ketones (excluding diaryl/α,β-unsaturated/α-hetero) is 1. The smallest absolute Gasteiger partial charge is 0.209 e. The lowest BCUT2D eigenvalue weighted by molar-refractivity contribution is -0.116. The third kappa shape index (κ3) is 4.59. The molecule has 8 rings (SSSR count). The SMILES string of the molecule is Cc1ccccc1[C@@H]1CC(=O)C2=C(C1)Nc1nc3ccccc3n1[C@H]2c1ccc2c(c1)[C@H](C)CC(C)(C)N2Cc1ccccc1. The molecule has 0 saturated heterocycles. The van der Waals surface area contributed by atoms with Gasteiger partial charge in [-0.25, -0.2) is 4.98 Å². The van der Waals surface area contributed by atoms with Crippen molar-refractivity contribution in [3.8, 4) is 0 Å². The van der Waals surface area contributed by atoms with Crippen LogP contribution in [0.1, 0.15) is 85.7 Å². The second-order valence-electron chi connectivity index (χ2n) is 13.9. The largest absolute Gasteiger partial charge is 0.362 e. The van der Waals surface area contributed by atoms with Crippen molar-refractivity contribution >= 4 is 28.5 Å². The number of rotatable bonds is 4. The molecule has 0 unspecified atom stereocenters.